The van der Waals surface area contributed by atoms with E-state index in [1.54, 1.807) is 36.0 Å². The van der Waals surface area contributed by atoms with Crippen LogP contribution in [-0.2, 0) is 15.8 Å². The van der Waals surface area contributed by atoms with Crippen LogP contribution in [0.3, 0.4) is 0 Å². The number of nitrogens with one attached hydrogen (secondary N) is 1. The van der Waals surface area contributed by atoms with Crippen LogP contribution in [0.4, 0.5) is 0 Å². The molecule has 4 nitrogen and oxygen atoms in total. The van der Waals surface area contributed by atoms with Crippen LogP contribution in [0.25, 0.3) is 0 Å². The summed E-state index contributed by atoms with van der Waals surface area (Å²) in [5.41, 5.74) is 6.98. The van der Waals surface area contributed by atoms with Crippen molar-refractivity contribution in [2.45, 2.75) is 23.3 Å². The second-order valence-corrected chi connectivity index (χ2v) is 8.55. The Kier molecular flexibility index (Phi) is 4.73. The minimum Gasteiger partial charge on any atom is -0.389 e. The van der Waals surface area contributed by atoms with E-state index < -0.39 is 10.0 Å². The summed E-state index contributed by atoms with van der Waals surface area (Å²) in [6, 6.07) is 6.99. The first-order valence-electron chi connectivity index (χ1n) is 6.27. The van der Waals surface area contributed by atoms with Crippen LogP contribution in [0.2, 0.25) is 0 Å². The Balaban J connectivity index is 1.95. The molecule has 2 rings (SSSR count). The number of benzene rings is 1. The average molecular weight is 331 g/mol. The Hall–Kier alpha value is -0.630. The number of rotatable bonds is 7. The lowest BCUT2D eigenvalue weighted by Gasteiger charge is -2.13. The van der Waals surface area contributed by atoms with Crippen molar-refractivity contribution in [3.63, 3.8) is 0 Å². The van der Waals surface area contributed by atoms with Crippen LogP contribution in [-0.4, -0.2) is 31.0 Å². The zero-order valence-corrected chi connectivity index (χ0v) is 13.7. The van der Waals surface area contributed by atoms with Gasteiger partial charge in [0.05, 0.1) is 5.75 Å². The molecule has 3 N–H and O–H groups in total. The quantitative estimate of drug-likeness (QED) is 0.744. The van der Waals surface area contributed by atoms with E-state index in [1.165, 1.54) is 0 Å². The van der Waals surface area contributed by atoms with E-state index in [-0.39, 0.29) is 10.5 Å². The molecule has 0 amide bonds. The summed E-state index contributed by atoms with van der Waals surface area (Å²) >= 11 is 6.60. The van der Waals surface area contributed by atoms with Crippen molar-refractivity contribution >= 4 is 39.0 Å². The van der Waals surface area contributed by atoms with Crippen molar-refractivity contribution < 1.29 is 8.42 Å². The maximum Gasteiger partial charge on any atom is 0.215 e. The van der Waals surface area contributed by atoms with Gasteiger partial charge in [0.15, 0.2) is 0 Å². The normalized spacial score (nSPS) is 16.9. The summed E-state index contributed by atoms with van der Waals surface area (Å²) in [7, 11) is -3.30. The number of thiocarbonyl (C=S) groups is 1. The molecular weight excluding hydrogens is 312 g/mol. The highest BCUT2D eigenvalue weighted by molar-refractivity contribution is 8.00. The number of nitrogens with two attached hydrogens (primary N) is 1. The smallest absolute Gasteiger partial charge is 0.215 e. The summed E-state index contributed by atoms with van der Waals surface area (Å²) in [6.07, 6.45) is 4.19. The van der Waals surface area contributed by atoms with Crippen LogP contribution in [0.1, 0.15) is 24.0 Å². The molecule has 0 heterocycles. The first-order valence-corrected chi connectivity index (χ1v) is 9.56. The SMILES string of the molecule is CSC1(CNS(=O)(=O)Cc2ccc(C(N)=S)cc2)CC1. The van der Waals surface area contributed by atoms with E-state index in [9.17, 15) is 8.42 Å². The summed E-state index contributed by atoms with van der Waals surface area (Å²) in [5.74, 6) is -0.0188. The molecule has 0 radical (unpaired) electrons. The second-order valence-electron chi connectivity index (χ2n) is 5.03. The van der Waals surface area contributed by atoms with Gasteiger partial charge in [-0.05, 0) is 24.7 Å². The van der Waals surface area contributed by atoms with Gasteiger partial charge in [0, 0.05) is 16.9 Å². The topological polar surface area (TPSA) is 72.2 Å². The number of sulfonamides is 1. The molecule has 0 unspecified atom stereocenters. The highest BCUT2D eigenvalue weighted by Crippen LogP contribution is 2.46. The van der Waals surface area contributed by atoms with E-state index in [2.05, 4.69) is 4.72 Å². The van der Waals surface area contributed by atoms with E-state index in [1.807, 2.05) is 6.26 Å². The van der Waals surface area contributed by atoms with Gasteiger partial charge in [0.2, 0.25) is 10.0 Å². The molecule has 1 aliphatic rings. The highest BCUT2D eigenvalue weighted by atomic mass is 32.2. The fraction of sp³-hybridized carbons (Fsp3) is 0.462. The van der Waals surface area contributed by atoms with Crippen molar-refractivity contribution in [3.8, 4) is 0 Å². The first kappa shape index (κ1) is 15.8. The van der Waals surface area contributed by atoms with Gasteiger partial charge in [0.1, 0.15) is 4.99 Å². The zero-order chi connectivity index (χ0) is 14.8. The van der Waals surface area contributed by atoms with Crippen LogP contribution < -0.4 is 10.5 Å². The molecule has 0 atom stereocenters. The third-order valence-corrected chi connectivity index (χ3v) is 6.40. The Bertz CT molecular complexity index is 593. The Morgan fingerprint density at radius 3 is 2.45 bits per heavy atom. The molecule has 7 heteroatoms. The highest BCUT2D eigenvalue weighted by Gasteiger charge is 2.42. The third kappa shape index (κ3) is 4.18. The molecule has 110 valence electrons. The third-order valence-electron chi connectivity index (χ3n) is 3.45. The Morgan fingerprint density at radius 2 is 2.00 bits per heavy atom. The molecule has 1 aliphatic carbocycles. The average Bonchev–Trinajstić information content (AvgIpc) is 3.17. The molecule has 0 aromatic heterocycles. The van der Waals surface area contributed by atoms with Crippen molar-refractivity contribution in [2.75, 3.05) is 12.8 Å². The summed E-state index contributed by atoms with van der Waals surface area (Å²) < 4.78 is 26.9. The maximum absolute atomic E-state index is 12.0. The van der Waals surface area contributed by atoms with Gasteiger partial charge in [-0.3, -0.25) is 0 Å². The first-order chi connectivity index (χ1) is 9.36. The van der Waals surface area contributed by atoms with Crippen LogP contribution in [0.15, 0.2) is 24.3 Å². The largest absolute Gasteiger partial charge is 0.389 e. The molecule has 20 heavy (non-hydrogen) atoms. The lowest BCUT2D eigenvalue weighted by molar-refractivity contribution is 0.579. The summed E-state index contributed by atoms with van der Waals surface area (Å²) in [6.45, 7) is 0.515. The molecule has 0 bridgehead atoms. The molecule has 1 saturated carbocycles. The lowest BCUT2D eigenvalue weighted by atomic mass is 10.1. The van der Waals surface area contributed by atoms with Crippen LogP contribution in [0, 0.1) is 0 Å². The summed E-state index contributed by atoms with van der Waals surface area (Å²) in [5, 5.41) is 0. The molecule has 0 spiro atoms. The van der Waals surface area contributed by atoms with Gasteiger partial charge in [0.25, 0.3) is 0 Å². The fourth-order valence-electron chi connectivity index (χ4n) is 1.87. The van der Waals surface area contributed by atoms with Gasteiger partial charge >= 0.3 is 0 Å². The molecule has 0 aliphatic heterocycles. The van der Waals surface area contributed by atoms with E-state index >= 15 is 0 Å². The minimum atomic E-state index is -3.30. The van der Waals surface area contributed by atoms with E-state index in [0.29, 0.717) is 11.5 Å². The lowest BCUT2D eigenvalue weighted by Crippen LogP contribution is -2.32. The van der Waals surface area contributed by atoms with Crippen LogP contribution in [0.5, 0.6) is 0 Å². The van der Waals surface area contributed by atoms with Crippen molar-refractivity contribution in [1.82, 2.24) is 4.72 Å². The van der Waals surface area contributed by atoms with Gasteiger partial charge < -0.3 is 5.73 Å². The second kappa shape index (κ2) is 6.01. The Labute approximate surface area is 129 Å². The number of hydrogen-bond donors (Lipinski definition) is 2. The molecule has 1 aromatic rings. The van der Waals surface area contributed by atoms with E-state index in [4.69, 9.17) is 18.0 Å². The van der Waals surface area contributed by atoms with Gasteiger partial charge in [-0.25, -0.2) is 13.1 Å². The molecule has 1 fully saturated rings. The fourth-order valence-corrected chi connectivity index (χ4v) is 4.05. The monoisotopic (exact) mass is 330 g/mol. The standard InChI is InChI=1S/C13H18N2O2S3/c1-19-13(6-7-13)9-15-20(16,17)8-10-2-4-11(5-3-10)12(14)18/h2-5,15H,6-9H2,1H3,(H2,14,18). The zero-order valence-electron chi connectivity index (χ0n) is 11.3. The molecule has 1 aromatic carbocycles. The van der Waals surface area contributed by atoms with Gasteiger partial charge in [-0.15, -0.1) is 0 Å². The van der Waals surface area contributed by atoms with Gasteiger partial charge in [-0.1, -0.05) is 36.5 Å². The van der Waals surface area contributed by atoms with Gasteiger partial charge in [-0.2, -0.15) is 11.8 Å². The molecular formula is C13H18N2O2S3. The maximum atomic E-state index is 12.0. The molecule has 0 saturated heterocycles. The minimum absolute atomic E-state index is 0.0188. The van der Waals surface area contributed by atoms with E-state index in [0.717, 1.165) is 24.0 Å². The van der Waals surface area contributed by atoms with Crippen molar-refractivity contribution in [3.05, 3.63) is 35.4 Å². The predicted molar refractivity (Wildman–Crippen MR) is 88.4 cm³/mol. The number of hydrogen-bond acceptors (Lipinski definition) is 4. The Morgan fingerprint density at radius 1 is 1.40 bits per heavy atom. The van der Waals surface area contributed by atoms with Crippen molar-refractivity contribution in [1.29, 1.82) is 0 Å². The van der Waals surface area contributed by atoms with Crippen LogP contribution >= 0.6 is 24.0 Å². The predicted octanol–water partition coefficient (Wildman–Crippen LogP) is 1.64. The van der Waals surface area contributed by atoms with Crippen molar-refractivity contribution in [2.24, 2.45) is 5.73 Å². The summed E-state index contributed by atoms with van der Waals surface area (Å²) in [4.78, 5) is 0.313. The number of thioether (sulfide) groups is 1.